The van der Waals surface area contributed by atoms with Crippen LogP contribution in [-0.2, 0) is 9.59 Å². The van der Waals surface area contributed by atoms with E-state index in [4.69, 9.17) is 0 Å². The van der Waals surface area contributed by atoms with E-state index in [2.05, 4.69) is 5.32 Å². The second kappa shape index (κ2) is 4.48. The summed E-state index contributed by atoms with van der Waals surface area (Å²) in [6, 6.07) is 4.06. The van der Waals surface area contributed by atoms with Gasteiger partial charge in [-0.3, -0.25) is 9.59 Å². The quantitative estimate of drug-likeness (QED) is 0.830. The lowest BCUT2D eigenvalue weighted by Crippen LogP contribution is -2.42. The van der Waals surface area contributed by atoms with Gasteiger partial charge in [0, 0.05) is 0 Å². The molecule has 3 heteroatoms. The Bertz CT molecular complexity index is 539. The highest BCUT2D eigenvalue weighted by Crippen LogP contribution is 2.35. The van der Waals surface area contributed by atoms with Crippen molar-refractivity contribution in [3.05, 3.63) is 34.4 Å². The highest BCUT2D eigenvalue weighted by Gasteiger charge is 2.49. The summed E-state index contributed by atoms with van der Waals surface area (Å²) in [5.41, 5.74) is 3.36. The minimum atomic E-state index is -0.717. The Morgan fingerprint density at radius 3 is 2.11 bits per heavy atom. The zero-order valence-electron chi connectivity index (χ0n) is 12.3. The van der Waals surface area contributed by atoms with Gasteiger partial charge in [-0.15, -0.1) is 0 Å². The number of carbonyl (C=O) groups excluding carboxylic acids is 2. The second-order valence-corrected chi connectivity index (χ2v) is 5.78. The van der Waals surface area contributed by atoms with E-state index in [1.165, 1.54) is 0 Å². The zero-order chi connectivity index (χ0) is 14.4. The molecule has 0 saturated carbocycles. The summed E-state index contributed by atoms with van der Waals surface area (Å²) in [4.78, 5) is 24.8. The summed E-state index contributed by atoms with van der Waals surface area (Å²) in [6.45, 7) is 9.70. The molecule has 1 aromatic carbocycles. The first-order valence-electron chi connectivity index (χ1n) is 6.74. The first-order valence-corrected chi connectivity index (χ1v) is 6.74. The van der Waals surface area contributed by atoms with Crippen LogP contribution < -0.4 is 5.32 Å². The average Bonchev–Trinajstić information content (AvgIpc) is 2.52. The van der Waals surface area contributed by atoms with Gasteiger partial charge in [-0.25, -0.2) is 0 Å². The molecule has 2 unspecified atom stereocenters. The summed E-state index contributed by atoms with van der Waals surface area (Å²) in [5.74, 6) is -0.815. The van der Waals surface area contributed by atoms with Crippen molar-refractivity contribution in [2.24, 2.45) is 0 Å². The molecule has 2 atom stereocenters. The molecule has 1 N–H and O–H groups in total. The van der Waals surface area contributed by atoms with Crippen LogP contribution >= 0.6 is 0 Å². The van der Waals surface area contributed by atoms with Gasteiger partial charge in [0.1, 0.15) is 5.92 Å². The number of nitrogens with one attached hydrogen (secondary N) is 1. The monoisotopic (exact) mass is 259 g/mol. The van der Waals surface area contributed by atoms with Crippen molar-refractivity contribution < 1.29 is 9.59 Å². The lowest BCUT2D eigenvalue weighted by Gasteiger charge is -2.20. The predicted octanol–water partition coefficient (Wildman–Crippen LogP) is 2.56. The van der Waals surface area contributed by atoms with E-state index < -0.39 is 11.5 Å². The summed E-state index contributed by atoms with van der Waals surface area (Å²) in [7, 11) is 0. The van der Waals surface area contributed by atoms with Crippen LogP contribution in [0.2, 0.25) is 0 Å². The average molecular weight is 259 g/mol. The van der Waals surface area contributed by atoms with Gasteiger partial charge in [-0.1, -0.05) is 24.6 Å². The Morgan fingerprint density at radius 1 is 1.16 bits per heavy atom. The summed E-state index contributed by atoms with van der Waals surface area (Å²) in [6.07, 6.45) is 0.623. The van der Waals surface area contributed by atoms with Gasteiger partial charge in [0.2, 0.25) is 5.91 Å². The maximum absolute atomic E-state index is 12.6. The van der Waals surface area contributed by atoms with E-state index in [1.807, 2.05) is 46.8 Å². The van der Waals surface area contributed by atoms with Crippen molar-refractivity contribution in [1.29, 1.82) is 0 Å². The first kappa shape index (κ1) is 13.8. The maximum Gasteiger partial charge on any atom is 0.235 e. The van der Waals surface area contributed by atoms with Crippen LogP contribution in [-0.4, -0.2) is 17.2 Å². The number of hydrogen-bond acceptors (Lipinski definition) is 2. The van der Waals surface area contributed by atoms with Crippen LogP contribution in [0.5, 0.6) is 0 Å². The number of benzene rings is 1. The minimum absolute atomic E-state index is 0.00458. The van der Waals surface area contributed by atoms with Gasteiger partial charge < -0.3 is 5.32 Å². The highest BCUT2D eigenvalue weighted by molar-refractivity contribution is 6.17. The maximum atomic E-state index is 12.6. The molecule has 1 amide bonds. The third-order valence-electron chi connectivity index (χ3n) is 4.20. The summed E-state index contributed by atoms with van der Waals surface area (Å²) >= 11 is 0. The first-order chi connectivity index (χ1) is 8.80. The molecule has 0 bridgehead atoms. The van der Waals surface area contributed by atoms with Gasteiger partial charge in [-0.05, 0) is 50.8 Å². The predicted molar refractivity (Wildman–Crippen MR) is 75.2 cm³/mol. The van der Waals surface area contributed by atoms with Crippen LogP contribution in [0.1, 0.15) is 48.4 Å². The number of hydrogen-bond donors (Lipinski definition) is 1. The number of rotatable bonds is 2. The summed E-state index contributed by atoms with van der Waals surface area (Å²) < 4.78 is 0. The SMILES string of the molecule is CCC1(C)NC(=O)C(c2c(C)cc(C)cc2C)C1=O. The molecule has 0 spiro atoms. The molecule has 19 heavy (non-hydrogen) atoms. The second-order valence-electron chi connectivity index (χ2n) is 5.78. The number of ketones is 1. The lowest BCUT2D eigenvalue weighted by atomic mass is 9.82. The largest absolute Gasteiger partial charge is 0.343 e. The molecular weight excluding hydrogens is 238 g/mol. The fraction of sp³-hybridized carbons (Fsp3) is 0.500. The van der Waals surface area contributed by atoms with Crippen molar-refractivity contribution in [2.45, 2.75) is 52.5 Å². The molecule has 1 heterocycles. The molecule has 1 aromatic rings. The molecule has 1 saturated heterocycles. The molecular formula is C16H21NO2. The Morgan fingerprint density at radius 2 is 1.68 bits per heavy atom. The van der Waals surface area contributed by atoms with Crippen LogP contribution in [0.15, 0.2) is 12.1 Å². The normalized spacial score (nSPS) is 26.7. The molecule has 0 aliphatic carbocycles. The zero-order valence-corrected chi connectivity index (χ0v) is 12.3. The highest BCUT2D eigenvalue weighted by atomic mass is 16.2. The fourth-order valence-electron chi connectivity index (χ4n) is 3.01. The molecule has 3 nitrogen and oxygen atoms in total. The molecule has 0 radical (unpaired) electrons. The summed E-state index contributed by atoms with van der Waals surface area (Å²) in [5, 5.41) is 2.86. The lowest BCUT2D eigenvalue weighted by molar-refractivity contribution is -0.125. The standard InChI is InChI=1S/C16H21NO2/c1-6-16(5)14(18)13(15(19)17-16)12-10(3)7-9(2)8-11(12)4/h7-8,13H,6H2,1-5H3,(H,17,19). The Labute approximate surface area is 114 Å². The fourth-order valence-corrected chi connectivity index (χ4v) is 3.01. The van der Waals surface area contributed by atoms with Crippen LogP contribution in [0.3, 0.4) is 0 Å². The Kier molecular flexibility index (Phi) is 3.25. The molecule has 1 aliphatic rings. The van der Waals surface area contributed by atoms with E-state index in [0.717, 1.165) is 22.3 Å². The van der Waals surface area contributed by atoms with Gasteiger partial charge >= 0.3 is 0 Å². The van der Waals surface area contributed by atoms with Crippen molar-refractivity contribution in [2.75, 3.05) is 0 Å². The minimum Gasteiger partial charge on any atom is -0.343 e. The van der Waals surface area contributed by atoms with Gasteiger partial charge in [0.05, 0.1) is 5.54 Å². The number of amides is 1. The number of Topliss-reactive ketones (excluding diaryl/α,β-unsaturated/α-hetero) is 1. The van der Waals surface area contributed by atoms with Gasteiger partial charge in [-0.2, -0.15) is 0 Å². The molecule has 2 rings (SSSR count). The van der Waals surface area contributed by atoms with Crippen LogP contribution in [0.4, 0.5) is 0 Å². The van der Waals surface area contributed by atoms with Crippen LogP contribution in [0, 0.1) is 20.8 Å². The van der Waals surface area contributed by atoms with Crippen LogP contribution in [0.25, 0.3) is 0 Å². The number of aryl methyl sites for hydroxylation is 3. The van der Waals surface area contributed by atoms with Crippen molar-refractivity contribution >= 4 is 11.7 Å². The van der Waals surface area contributed by atoms with Crippen molar-refractivity contribution in [3.63, 3.8) is 0 Å². The third kappa shape index (κ3) is 2.07. The van der Waals surface area contributed by atoms with E-state index in [9.17, 15) is 9.59 Å². The van der Waals surface area contributed by atoms with E-state index in [1.54, 1.807) is 0 Å². The van der Waals surface area contributed by atoms with E-state index in [-0.39, 0.29) is 11.7 Å². The smallest absolute Gasteiger partial charge is 0.235 e. The van der Waals surface area contributed by atoms with Gasteiger partial charge in [0.15, 0.2) is 5.78 Å². The Hall–Kier alpha value is -1.64. The van der Waals surface area contributed by atoms with E-state index in [0.29, 0.717) is 6.42 Å². The molecule has 0 aromatic heterocycles. The molecule has 102 valence electrons. The van der Waals surface area contributed by atoms with Gasteiger partial charge in [0.25, 0.3) is 0 Å². The third-order valence-corrected chi connectivity index (χ3v) is 4.20. The topological polar surface area (TPSA) is 46.2 Å². The number of carbonyl (C=O) groups is 2. The van der Waals surface area contributed by atoms with E-state index >= 15 is 0 Å². The Balaban J connectivity index is 2.55. The molecule has 1 aliphatic heterocycles. The van der Waals surface area contributed by atoms with Crippen molar-refractivity contribution in [1.82, 2.24) is 5.32 Å². The van der Waals surface area contributed by atoms with Crippen molar-refractivity contribution in [3.8, 4) is 0 Å². The molecule has 1 fully saturated rings.